The molecule has 0 fully saturated rings. The van der Waals surface area contributed by atoms with Gasteiger partial charge in [-0.3, -0.25) is 4.31 Å². The van der Waals surface area contributed by atoms with Crippen LogP contribution in [0.5, 0.6) is 5.75 Å². The van der Waals surface area contributed by atoms with Gasteiger partial charge in [-0.05, 0) is 80.3 Å². The average Bonchev–Trinajstić information content (AvgIpc) is 2.82. The molecule has 0 radical (unpaired) electrons. The van der Waals surface area contributed by atoms with E-state index in [2.05, 4.69) is 0 Å². The summed E-state index contributed by atoms with van der Waals surface area (Å²) in [6, 6.07) is 13.9. The van der Waals surface area contributed by atoms with Crippen molar-refractivity contribution in [2.45, 2.75) is 42.5 Å². The van der Waals surface area contributed by atoms with E-state index in [-0.39, 0.29) is 28.5 Å². The molecular formula is C25H24F3NO5S2. The van der Waals surface area contributed by atoms with Crippen LogP contribution in [0.2, 0.25) is 0 Å². The van der Waals surface area contributed by atoms with E-state index in [9.17, 15) is 26.4 Å². The van der Waals surface area contributed by atoms with Gasteiger partial charge in [-0.15, -0.1) is 11.8 Å². The maximum absolute atomic E-state index is 13.6. The van der Waals surface area contributed by atoms with Crippen LogP contribution in [0.4, 0.5) is 18.9 Å². The first-order chi connectivity index (χ1) is 16.8. The monoisotopic (exact) mass is 539 g/mol. The minimum absolute atomic E-state index is 0.0101. The molecule has 0 aliphatic carbocycles. The number of aromatic carboxylic acids is 1. The Hall–Kier alpha value is -3.18. The predicted molar refractivity (Wildman–Crippen MR) is 132 cm³/mol. The second kappa shape index (κ2) is 10.8. The molecule has 0 aliphatic heterocycles. The molecule has 36 heavy (non-hydrogen) atoms. The van der Waals surface area contributed by atoms with Gasteiger partial charge in [-0.25, -0.2) is 13.2 Å². The molecule has 192 valence electrons. The van der Waals surface area contributed by atoms with Crippen LogP contribution < -0.4 is 9.04 Å². The zero-order valence-corrected chi connectivity index (χ0v) is 21.2. The highest BCUT2D eigenvalue weighted by Gasteiger charge is 2.34. The Morgan fingerprint density at radius 2 is 1.64 bits per heavy atom. The number of alkyl halides is 3. The van der Waals surface area contributed by atoms with E-state index in [1.165, 1.54) is 48.2 Å². The highest BCUT2D eigenvalue weighted by Crippen LogP contribution is 2.40. The molecule has 0 saturated carbocycles. The standard InChI is InChI=1S/C25H24F3NO5S2/c1-16(2)29(36(32,33)21-11-9-20(35-3)10-12-21)22-13-8-19(25(26,27)28)14-23(22)34-15-17-4-6-18(7-5-17)24(30)31/h4-14,16H,15H2,1-3H3,(H,30,31). The van der Waals surface area contributed by atoms with Crippen molar-refractivity contribution in [2.75, 3.05) is 10.6 Å². The smallest absolute Gasteiger partial charge is 0.416 e. The molecule has 0 aliphatic rings. The van der Waals surface area contributed by atoms with Crippen LogP contribution in [0, 0.1) is 0 Å². The highest BCUT2D eigenvalue weighted by molar-refractivity contribution is 7.98. The van der Waals surface area contributed by atoms with Crippen LogP contribution in [-0.2, 0) is 22.8 Å². The van der Waals surface area contributed by atoms with Gasteiger partial charge < -0.3 is 9.84 Å². The maximum Gasteiger partial charge on any atom is 0.416 e. The largest absolute Gasteiger partial charge is 0.487 e. The van der Waals surface area contributed by atoms with Gasteiger partial charge in [0.15, 0.2) is 0 Å². The number of sulfonamides is 1. The Morgan fingerprint density at radius 3 is 2.14 bits per heavy atom. The van der Waals surface area contributed by atoms with E-state index in [4.69, 9.17) is 9.84 Å². The second-order valence-electron chi connectivity index (χ2n) is 8.04. The third-order valence-electron chi connectivity index (χ3n) is 5.21. The van der Waals surface area contributed by atoms with Crippen molar-refractivity contribution < 1.29 is 36.2 Å². The van der Waals surface area contributed by atoms with Gasteiger partial charge in [0.2, 0.25) is 0 Å². The molecule has 3 aromatic rings. The molecule has 0 spiro atoms. The number of hydrogen-bond acceptors (Lipinski definition) is 5. The molecule has 0 aromatic heterocycles. The average molecular weight is 540 g/mol. The number of benzene rings is 3. The molecular weight excluding hydrogens is 515 g/mol. The third-order valence-corrected chi connectivity index (χ3v) is 7.95. The Bertz CT molecular complexity index is 1320. The highest BCUT2D eigenvalue weighted by atomic mass is 32.2. The fourth-order valence-corrected chi connectivity index (χ4v) is 5.52. The van der Waals surface area contributed by atoms with Gasteiger partial charge in [-0.2, -0.15) is 13.2 Å². The van der Waals surface area contributed by atoms with E-state index < -0.39 is 33.8 Å². The zero-order chi connectivity index (χ0) is 26.7. The maximum atomic E-state index is 13.6. The third kappa shape index (κ3) is 6.14. The molecule has 6 nitrogen and oxygen atoms in total. The van der Waals surface area contributed by atoms with Crippen LogP contribution in [0.25, 0.3) is 0 Å². The normalized spacial score (nSPS) is 12.0. The van der Waals surface area contributed by atoms with Crippen molar-refractivity contribution in [2.24, 2.45) is 0 Å². The number of carbonyl (C=O) groups is 1. The number of rotatable bonds is 9. The van der Waals surface area contributed by atoms with Crippen LogP contribution >= 0.6 is 11.8 Å². The number of nitrogens with zero attached hydrogens (tertiary/aromatic N) is 1. The number of hydrogen-bond donors (Lipinski definition) is 1. The van der Waals surface area contributed by atoms with Gasteiger partial charge >= 0.3 is 12.1 Å². The zero-order valence-electron chi connectivity index (χ0n) is 19.6. The minimum atomic E-state index is -4.67. The summed E-state index contributed by atoms with van der Waals surface area (Å²) >= 11 is 1.44. The predicted octanol–water partition coefficient (Wildman–Crippen LogP) is 6.31. The van der Waals surface area contributed by atoms with Crippen LogP contribution in [0.15, 0.2) is 76.5 Å². The van der Waals surface area contributed by atoms with Crippen LogP contribution in [0.1, 0.15) is 35.3 Å². The Labute approximate surface area is 211 Å². The Morgan fingerprint density at radius 1 is 1.03 bits per heavy atom. The number of anilines is 1. The first-order valence-electron chi connectivity index (χ1n) is 10.7. The van der Waals surface area contributed by atoms with E-state index in [0.717, 1.165) is 27.4 Å². The molecule has 0 unspecified atom stereocenters. The minimum Gasteiger partial charge on any atom is -0.487 e. The van der Waals surface area contributed by atoms with Crippen molar-refractivity contribution in [3.63, 3.8) is 0 Å². The lowest BCUT2D eigenvalue weighted by Gasteiger charge is -2.30. The quantitative estimate of drug-likeness (QED) is 0.321. The van der Waals surface area contributed by atoms with E-state index in [1.807, 2.05) is 6.26 Å². The summed E-state index contributed by atoms with van der Waals surface area (Å²) in [4.78, 5) is 11.9. The second-order valence-corrected chi connectivity index (χ2v) is 10.7. The van der Waals surface area contributed by atoms with Crippen molar-refractivity contribution in [1.29, 1.82) is 0 Å². The van der Waals surface area contributed by atoms with Gasteiger partial charge in [0, 0.05) is 10.9 Å². The van der Waals surface area contributed by atoms with E-state index >= 15 is 0 Å². The van der Waals surface area contributed by atoms with Crippen LogP contribution in [-0.4, -0.2) is 31.8 Å². The summed E-state index contributed by atoms with van der Waals surface area (Å²) in [5.41, 5.74) is -0.500. The summed E-state index contributed by atoms with van der Waals surface area (Å²) in [7, 11) is -4.15. The molecule has 3 rings (SSSR count). The number of ether oxygens (including phenoxy) is 1. The SMILES string of the molecule is CSc1ccc(S(=O)(=O)N(c2ccc(C(F)(F)F)cc2OCc2ccc(C(=O)O)cc2)C(C)C)cc1. The molecule has 0 amide bonds. The summed E-state index contributed by atoms with van der Waals surface area (Å²) < 4.78 is 74.3. The van der Waals surface area contributed by atoms with E-state index in [1.54, 1.807) is 26.0 Å². The van der Waals surface area contributed by atoms with E-state index in [0.29, 0.717) is 5.56 Å². The fourth-order valence-electron chi connectivity index (χ4n) is 3.44. The lowest BCUT2D eigenvalue weighted by molar-refractivity contribution is -0.137. The van der Waals surface area contributed by atoms with Crippen molar-refractivity contribution >= 4 is 33.4 Å². The molecule has 1 N–H and O–H groups in total. The number of carboxylic acid groups (broad SMARTS) is 1. The molecule has 3 aromatic carbocycles. The van der Waals surface area contributed by atoms with Crippen LogP contribution in [0.3, 0.4) is 0 Å². The Balaban J connectivity index is 2.05. The summed E-state index contributed by atoms with van der Waals surface area (Å²) in [5.74, 6) is -1.39. The Kier molecular flexibility index (Phi) is 8.25. The first-order valence-corrected chi connectivity index (χ1v) is 13.4. The van der Waals surface area contributed by atoms with Gasteiger partial charge in [0.1, 0.15) is 12.4 Å². The number of carboxylic acids is 1. The number of thioether (sulfide) groups is 1. The molecule has 0 heterocycles. The van der Waals surface area contributed by atoms with Crippen molar-refractivity contribution in [3.8, 4) is 5.75 Å². The van der Waals surface area contributed by atoms with Crippen molar-refractivity contribution in [1.82, 2.24) is 0 Å². The number of halogens is 3. The summed E-state index contributed by atoms with van der Waals surface area (Å²) in [5, 5.41) is 9.04. The first kappa shape index (κ1) is 27.4. The summed E-state index contributed by atoms with van der Waals surface area (Å²) in [6.07, 6.45) is -2.82. The molecule has 0 bridgehead atoms. The lowest BCUT2D eigenvalue weighted by atomic mass is 10.1. The van der Waals surface area contributed by atoms with Crippen molar-refractivity contribution in [3.05, 3.63) is 83.4 Å². The molecule has 11 heteroatoms. The fraction of sp³-hybridized carbons (Fsp3) is 0.240. The van der Waals surface area contributed by atoms with Gasteiger partial charge in [0.05, 0.1) is 21.7 Å². The molecule has 0 saturated heterocycles. The molecule has 0 atom stereocenters. The summed E-state index contributed by atoms with van der Waals surface area (Å²) in [6.45, 7) is 3.02. The topological polar surface area (TPSA) is 83.9 Å². The lowest BCUT2D eigenvalue weighted by Crippen LogP contribution is -2.37. The van der Waals surface area contributed by atoms with Gasteiger partial charge in [0.25, 0.3) is 10.0 Å². The van der Waals surface area contributed by atoms with Gasteiger partial charge in [-0.1, -0.05) is 12.1 Å².